The molecule has 1 heterocycles. The topological polar surface area (TPSA) is 49.4 Å². The average molecular weight is 437 g/mol. The van der Waals surface area contributed by atoms with Gasteiger partial charge in [0.05, 0.1) is 18.2 Å². The lowest BCUT2D eigenvalue weighted by Gasteiger charge is -2.15. The van der Waals surface area contributed by atoms with E-state index in [0.717, 1.165) is 17.4 Å². The third-order valence-corrected chi connectivity index (χ3v) is 5.68. The number of amides is 2. The second-order valence-electron chi connectivity index (χ2n) is 7.44. The van der Waals surface area contributed by atoms with Gasteiger partial charge >= 0.3 is 0 Å². The zero-order valence-corrected chi connectivity index (χ0v) is 18.1. The average Bonchev–Trinajstić information content (AvgIpc) is 2.94. The van der Waals surface area contributed by atoms with Gasteiger partial charge in [-0.2, -0.15) is 0 Å². The summed E-state index contributed by atoms with van der Waals surface area (Å²) in [5, 5.41) is 3.28. The molecule has 0 aliphatic carbocycles. The molecule has 0 spiro atoms. The van der Waals surface area contributed by atoms with Crippen molar-refractivity contribution >= 4 is 33.4 Å². The zero-order valence-electron chi connectivity index (χ0n) is 16.5. The zero-order chi connectivity index (χ0) is 19.5. The van der Waals surface area contributed by atoms with Crippen molar-refractivity contribution in [2.24, 2.45) is 0 Å². The Hall–Kier alpha value is -1.20. The number of anilines is 1. The van der Waals surface area contributed by atoms with Crippen LogP contribution in [0.3, 0.4) is 0 Å². The van der Waals surface area contributed by atoms with E-state index in [2.05, 4.69) is 28.2 Å². The van der Waals surface area contributed by atoms with E-state index in [1.165, 1.54) is 62.7 Å². The standard InChI is InChI=1S/C22H33BrN2O2/c1-2-3-4-5-6-7-8-9-10-11-16-24-20-17-21(26)25(22(20)27)19-14-12-18(23)13-15-19/h12-15,20,24H,2-11,16-17H2,1H3. The van der Waals surface area contributed by atoms with Crippen molar-refractivity contribution in [3.05, 3.63) is 28.7 Å². The van der Waals surface area contributed by atoms with Crippen molar-refractivity contribution in [1.29, 1.82) is 0 Å². The molecule has 4 nitrogen and oxygen atoms in total. The van der Waals surface area contributed by atoms with Crippen LogP contribution in [0.25, 0.3) is 0 Å². The molecule has 27 heavy (non-hydrogen) atoms. The van der Waals surface area contributed by atoms with Gasteiger partial charge in [0.25, 0.3) is 5.91 Å². The maximum absolute atomic E-state index is 12.5. The number of nitrogens with zero attached hydrogens (tertiary/aromatic N) is 1. The molecule has 1 saturated heterocycles. The van der Waals surface area contributed by atoms with Gasteiger partial charge in [0.15, 0.2) is 0 Å². The molecular formula is C22H33BrN2O2. The van der Waals surface area contributed by atoms with Crippen molar-refractivity contribution in [1.82, 2.24) is 5.32 Å². The van der Waals surface area contributed by atoms with Crippen LogP contribution in [-0.4, -0.2) is 24.4 Å². The van der Waals surface area contributed by atoms with E-state index in [1.807, 2.05) is 12.1 Å². The van der Waals surface area contributed by atoms with Gasteiger partial charge < -0.3 is 5.32 Å². The van der Waals surface area contributed by atoms with Gasteiger partial charge in [-0.05, 0) is 37.2 Å². The van der Waals surface area contributed by atoms with Crippen LogP contribution < -0.4 is 10.2 Å². The third-order valence-electron chi connectivity index (χ3n) is 5.15. The fourth-order valence-electron chi connectivity index (χ4n) is 3.54. The summed E-state index contributed by atoms with van der Waals surface area (Å²) in [4.78, 5) is 26.1. The lowest BCUT2D eigenvalue weighted by molar-refractivity contribution is -0.121. The highest BCUT2D eigenvalue weighted by Gasteiger charge is 2.38. The number of hydrogen-bond donors (Lipinski definition) is 1. The summed E-state index contributed by atoms with van der Waals surface area (Å²) in [6, 6.07) is 6.91. The Morgan fingerprint density at radius 1 is 0.926 bits per heavy atom. The smallest absolute Gasteiger partial charge is 0.251 e. The number of carbonyl (C=O) groups excluding carboxylic acids is 2. The van der Waals surface area contributed by atoms with Crippen molar-refractivity contribution < 1.29 is 9.59 Å². The predicted octanol–water partition coefficient (Wildman–Crippen LogP) is 5.59. The highest BCUT2D eigenvalue weighted by molar-refractivity contribution is 9.10. The first-order valence-corrected chi connectivity index (χ1v) is 11.3. The monoisotopic (exact) mass is 436 g/mol. The van der Waals surface area contributed by atoms with Crippen LogP contribution in [0.15, 0.2) is 28.7 Å². The Labute approximate surface area is 172 Å². The lowest BCUT2D eigenvalue weighted by atomic mass is 10.1. The quantitative estimate of drug-likeness (QED) is 0.323. The van der Waals surface area contributed by atoms with E-state index in [-0.39, 0.29) is 24.3 Å². The fraction of sp³-hybridized carbons (Fsp3) is 0.636. The molecule has 5 heteroatoms. The molecule has 1 N–H and O–H groups in total. The number of unbranched alkanes of at least 4 members (excludes halogenated alkanes) is 9. The Morgan fingerprint density at radius 2 is 1.48 bits per heavy atom. The SMILES string of the molecule is CCCCCCCCCCCCNC1CC(=O)N(c2ccc(Br)cc2)C1=O. The Morgan fingerprint density at radius 3 is 2.07 bits per heavy atom. The minimum atomic E-state index is -0.375. The summed E-state index contributed by atoms with van der Waals surface area (Å²) in [5.74, 6) is -0.253. The molecule has 1 unspecified atom stereocenters. The normalized spacial score (nSPS) is 17.1. The molecule has 1 aliphatic heterocycles. The molecule has 1 aromatic rings. The highest BCUT2D eigenvalue weighted by atomic mass is 79.9. The maximum Gasteiger partial charge on any atom is 0.251 e. The molecule has 2 rings (SSSR count). The van der Waals surface area contributed by atoms with Crippen molar-refractivity contribution in [3.63, 3.8) is 0 Å². The van der Waals surface area contributed by atoms with E-state index >= 15 is 0 Å². The molecule has 1 fully saturated rings. The summed E-state index contributed by atoms with van der Waals surface area (Å²) < 4.78 is 0.931. The molecule has 1 atom stereocenters. The van der Waals surface area contributed by atoms with Crippen LogP contribution >= 0.6 is 15.9 Å². The molecule has 0 saturated carbocycles. The van der Waals surface area contributed by atoms with Crippen molar-refractivity contribution in [2.45, 2.75) is 83.6 Å². The third kappa shape index (κ3) is 7.38. The minimum Gasteiger partial charge on any atom is -0.305 e. The Bertz CT molecular complexity index is 588. The molecule has 0 aromatic heterocycles. The van der Waals surface area contributed by atoms with Crippen LogP contribution in [0.4, 0.5) is 5.69 Å². The summed E-state index contributed by atoms with van der Waals surface area (Å²) >= 11 is 3.37. The van der Waals surface area contributed by atoms with Crippen LogP contribution in [0.1, 0.15) is 77.6 Å². The Balaban J connectivity index is 1.58. The van der Waals surface area contributed by atoms with Gasteiger partial charge in [-0.1, -0.05) is 80.6 Å². The van der Waals surface area contributed by atoms with Crippen molar-refractivity contribution in [2.75, 3.05) is 11.4 Å². The van der Waals surface area contributed by atoms with Gasteiger partial charge in [-0.25, -0.2) is 4.90 Å². The second-order valence-corrected chi connectivity index (χ2v) is 8.35. The number of imide groups is 1. The molecule has 1 aliphatic rings. The lowest BCUT2D eigenvalue weighted by Crippen LogP contribution is -2.39. The number of nitrogens with one attached hydrogen (secondary N) is 1. The molecule has 0 radical (unpaired) electrons. The molecule has 0 bridgehead atoms. The van der Waals surface area contributed by atoms with Crippen LogP contribution in [0.2, 0.25) is 0 Å². The second kappa shape index (κ2) is 12.3. The van der Waals surface area contributed by atoms with Gasteiger partial charge in [0.1, 0.15) is 0 Å². The first-order valence-electron chi connectivity index (χ1n) is 10.5. The molecule has 150 valence electrons. The highest BCUT2D eigenvalue weighted by Crippen LogP contribution is 2.24. The van der Waals surface area contributed by atoms with E-state index < -0.39 is 0 Å². The Kier molecular flexibility index (Phi) is 10.1. The molecular weight excluding hydrogens is 404 g/mol. The minimum absolute atomic E-state index is 0.122. The molecule has 1 aromatic carbocycles. The summed E-state index contributed by atoms with van der Waals surface area (Å²) in [7, 11) is 0. The van der Waals surface area contributed by atoms with Gasteiger partial charge in [0.2, 0.25) is 5.91 Å². The van der Waals surface area contributed by atoms with E-state index in [9.17, 15) is 9.59 Å². The fourth-order valence-corrected chi connectivity index (χ4v) is 3.81. The van der Waals surface area contributed by atoms with Crippen LogP contribution in [-0.2, 0) is 9.59 Å². The van der Waals surface area contributed by atoms with Gasteiger partial charge in [-0.15, -0.1) is 0 Å². The number of carbonyl (C=O) groups is 2. The number of halogens is 1. The predicted molar refractivity (Wildman–Crippen MR) is 115 cm³/mol. The van der Waals surface area contributed by atoms with Crippen molar-refractivity contribution in [3.8, 4) is 0 Å². The first kappa shape index (κ1) is 22.1. The van der Waals surface area contributed by atoms with Crippen LogP contribution in [0.5, 0.6) is 0 Å². The molecule has 2 amide bonds. The van der Waals surface area contributed by atoms with E-state index in [0.29, 0.717) is 5.69 Å². The van der Waals surface area contributed by atoms with E-state index in [1.54, 1.807) is 12.1 Å². The largest absolute Gasteiger partial charge is 0.305 e. The summed E-state index contributed by atoms with van der Waals surface area (Å²) in [6.45, 7) is 3.05. The first-order chi connectivity index (χ1) is 13.1. The summed E-state index contributed by atoms with van der Waals surface area (Å²) in [5.41, 5.74) is 0.649. The maximum atomic E-state index is 12.5. The number of rotatable bonds is 13. The number of hydrogen-bond acceptors (Lipinski definition) is 3. The summed E-state index contributed by atoms with van der Waals surface area (Å²) in [6.07, 6.45) is 13.2. The number of benzene rings is 1. The van der Waals surface area contributed by atoms with Gasteiger partial charge in [-0.3, -0.25) is 9.59 Å². The van der Waals surface area contributed by atoms with E-state index in [4.69, 9.17) is 0 Å². The van der Waals surface area contributed by atoms with Gasteiger partial charge in [0, 0.05) is 4.47 Å². The van der Waals surface area contributed by atoms with Crippen LogP contribution in [0, 0.1) is 0 Å².